The van der Waals surface area contributed by atoms with Crippen molar-refractivity contribution in [3.63, 3.8) is 0 Å². The van der Waals surface area contributed by atoms with Gasteiger partial charge in [0.2, 0.25) is 0 Å². The van der Waals surface area contributed by atoms with Gasteiger partial charge in [-0.1, -0.05) is 18.2 Å². The summed E-state index contributed by atoms with van der Waals surface area (Å²) in [6.07, 6.45) is 3.45. The molecule has 0 saturated carbocycles. The van der Waals surface area contributed by atoms with Gasteiger partial charge in [0, 0.05) is 11.1 Å². The van der Waals surface area contributed by atoms with Crippen molar-refractivity contribution < 1.29 is 33.4 Å². The second-order valence-electron chi connectivity index (χ2n) is 8.00. The van der Waals surface area contributed by atoms with Crippen molar-refractivity contribution in [2.45, 2.75) is 25.7 Å². The monoisotopic (exact) mass is 476 g/mol. The molecule has 0 saturated heterocycles. The second-order valence-corrected chi connectivity index (χ2v) is 8.00. The molecule has 1 aliphatic rings. The highest BCUT2D eigenvalue weighted by Gasteiger charge is 2.24. The molecule has 1 aliphatic carbocycles. The predicted molar refractivity (Wildman–Crippen MR) is 126 cm³/mol. The number of aromatic nitrogens is 1. The summed E-state index contributed by atoms with van der Waals surface area (Å²) >= 11 is 0. The molecule has 0 aliphatic heterocycles. The van der Waals surface area contributed by atoms with Crippen molar-refractivity contribution in [3.05, 3.63) is 70.4 Å². The van der Waals surface area contributed by atoms with Gasteiger partial charge >= 0.3 is 17.9 Å². The van der Waals surface area contributed by atoms with Gasteiger partial charge in [-0.3, -0.25) is 9.78 Å². The molecule has 0 spiro atoms. The van der Waals surface area contributed by atoms with Crippen LogP contribution in [0.4, 0.5) is 5.69 Å². The van der Waals surface area contributed by atoms with Gasteiger partial charge in [-0.25, -0.2) is 14.4 Å². The average molecular weight is 476 g/mol. The number of methoxy groups -OCH3 is 2. The Kier molecular flexibility index (Phi) is 7.05. The number of anilines is 1. The molecule has 1 amide bonds. The van der Waals surface area contributed by atoms with Crippen molar-refractivity contribution in [1.29, 1.82) is 0 Å². The Morgan fingerprint density at radius 2 is 1.66 bits per heavy atom. The molecule has 0 unspecified atom stereocenters. The summed E-state index contributed by atoms with van der Waals surface area (Å²) in [5.41, 5.74) is 3.07. The lowest BCUT2D eigenvalue weighted by Gasteiger charge is -2.20. The Morgan fingerprint density at radius 3 is 2.43 bits per heavy atom. The summed E-state index contributed by atoms with van der Waals surface area (Å²) in [5, 5.41) is 3.19. The number of nitrogens with zero attached hydrogens (tertiary/aromatic N) is 1. The number of esters is 3. The number of amides is 1. The number of hydrogen-bond donors (Lipinski definition) is 1. The molecule has 1 heterocycles. The van der Waals surface area contributed by atoms with E-state index in [1.54, 1.807) is 0 Å². The zero-order chi connectivity index (χ0) is 24.9. The van der Waals surface area contributed by atoms with Crippen LogP contribution >= 0.6 is 0 Å². The number of benzene rings is 2. The molecule has 0 bridgehead atoms. The number of carbonyl (C=O) groups excluding carboxylic acids is 4. The number of fused-ring (bicyclic) bond motifs is 2. The van der Waals surface area contributed by atoms with E-state index in [4.69, 9.17) is 14.5 Å². The minimum absolute atomic E-state index is 0.0348. The highest BCUT2D eigenvalue weighted by Crippen LogP contribution is 2.30. The third-order valence-corrected chi connectivity index (χ3v) is 5.83. The van der Waals surface area contributed by atoms with Crippen molar-refractivity contribution in [1.82, 2.24) is 4.98 Å². The molecule has 1 N–H and O–H groups in total. The fourth-order valence-corrected chi connectivity index (χ4v) is 4.18. The third-order valence-electron chi connectivity index (χ3n) is 5.83. The van der Waals surface area contributed by atoms with Crippen molar-refractivity contribution >= 4 is 40.4 Å². The molecule has 0 radical (unpaired) electrons. The van der Waals surface area contributed by atoms with Gasteiger partial charge in [0.25, 0.3) is 5.91 Å². The first-order valence-electron chi connectivity index (χ1n) is 11.1. The van der Waals surface area contributed by atoms with Crippen molar-refractivity contribution in [3.8, 4) is 0 Å². The smallest absolute Gasteiger partial charge is 0.339 e. The molecule has 2 aromatic carbocycles. The standard InChI is InChI=1S/C26H24N2O7/c1-33-24(30)15-11-12-18(25(31)34-2)21(13-15)28-22(29)14-35-26(32)23-16-7-3-5-9-19(16)27-20-10-6-4-8-17(20)23/h3,5,7,9,11-13H,4,6,8,10,14H2,1-2H3,(H,28,29). The van der Waals surface area contributed by atoms with Crippen LogP contribution < -0.4 is 5.32 Å². The molecule has 4 rings (SSSR count). The Balaban J connectivity index is 1.55. The van der Waals surface area contributed by atoms with E-state index in [0.29, 0.717) is 22.9 Å². The highest BCUT2D eigenvalue weighted by atomic mass is 16.5. The Hall–Kier alpha value is -4.27. The van der Waals surface area contributed by atoms with Crippen LogP contribution in [0.1, 0.15) is 55.2 Å². The van der Waals surface area contributed by atoms with Crippen LogP contribution in [0.25, 0.3) is 10.9 Å². The largest absolute Gasteiger partial charge is 0.465 e. The lowest BCUT2D eigenvalue weighted by molar-refractivity contribution is -0.119. The van der Waals surface area contributed by atoms with Crippen LogP contribution in [-0.4, -0.2) is 49.6 Å². The molecule has 3 aromatic rings. The molecule has 0 fully saturated rings. The lowest BCUT2D eigenvalue weighted by Crippen LogP contribution is -2.24. The number of pyridine rings is 1. The van der Waals surface area contributed by atoms with Crippen LogP contribution in [0, 0.1) is 0 Å². The third kappa shape index (κ3) is 4.98. The van der Waals surface area contributed by atoms with Crippen LogP contribution in [0.5, 0.6) is 0 Å². The first kappa shape index (κ1) is 23.9. The van der Waals surface area contributed by atoms with Gasteiger partial charge in [-0.2, -0.15) is 0 Å². The maximum atomic E-state index is 13.1. The van der Waals surface area contributed by atoms with Crippen LogP contribution in [0.2, 0.25) is 0 Å². The van der Waals surface area contributed by atoms with Gasteiger partial charge < -0.3 is 19.5 Å². The predicted octanol–water partition coefficient (Wildman–Crippen LogP) is 3.48. The topological polar surface area (TPSA) is 121 Å². The average Bonchev–Trinajstić information content (AvgIpc) is 2.89. The molecule has 9 nitrogen and oxygen atoms in total. The zero-order valence-electron chi connectivity index (χ0n) is 19.4. The molecule has 1 aromatic heterocycles. The lowest BCUT2D eigenvalue weighted by atomic mass is 9.90. The number of aryl methyl sites for hydroxylation is 1. The fourth-order valence-electron chi connectivity index (χ4n) is 4.18. The SMILES string of the molecule is COC(=O)c1ccc(C(=O)OC)c(NC(=O)COC(=O)c2c3c(nc4ccccc24)CCCC3)c1. The van der Waals surface area contributed by atoms with E-state index in [-0.39, 0.29) is 16.8 Å². The van der Waals surface area contributed by atoms with Gasteiger partial charge in [0.15, 0.2) is 6.61 Å². The Morgan fingerprint density at radius 1 is 0.914 bits per heavy atom. The van der Waals surface area contributed by atoms with Crippen LogP contribution in [0.15, 0.2) is 42.5 Å². The highest BCUT2D eigenvalue weighted by molar-refractivity contribution is 6.07. The maximum absolute atomic E-state index is 13.1. The van der Waals surface area contributed by atoms with E-state index in [1.807, 2.05) is 24.3 Å². The summed E-state index contributed by atoms with van der Waals surface area (Å²) in [5.74, 6) is -2.65. The molecular weight excluding hydrogens is 452 g/mol. The fraction of sp³-hybridized carbons (Fsp3) is 0.269. The molecule has 180 valence electrons. The number of rotatable bonds is 6. The van der Waals surface area contributed by atoms with E-state index >= 15 is 0 Å². The maximum Gasteiger partial charge on any atom is 0.339 e. The van der Waals surface area contributed by atoms with E-state index in [9.17, 15) is 19.2 Å². The van der Waals surface area contributed by atoms with Gasteiger partial charge in [0.1, 0.15) is 0 Å². The van der Waals surface area contributed by atoms with E-state index < -0.39 is 30.4 Å². The summed E-state index contributed by atoms with van der Waals surface area (Å²) in [4.78, 5) is 54.4. The number of hydrogen-bond acceptors (Lipinski definition) is 8. The summed E-state index contributed by atoms with van der Waals surface area (Å²) in [6, 6.07) is 11.4. The van der Waals surface area contributed by atoms with Gasteiger partial charge in [-0.05, 0) is 55.5 Å². The minimum Gasteiger partial charge on any atom is -0.465 e. The van der Waals surface area contributed by atoms with E-state index in [1.165, 1.54) is 32.4 Å². The summed E-state index contributed by atoms with van der Waals surface area (Å²) in [7, 11) is 2.42. The number of ether oxygens (including phenoxy) is 3. The number of nitrogens with one attached hydrogen (secondary N) is 1. The molecule has 9 heteroatoms. The first-order chi connectivity index (χ1) is 16.9. The summed E-state index contributed by atoms with van der Waals surface area (Å²) in [6.45, 7) is -0.590. The van der Waals surface area contributed by atoms with Crippen LogP contribution in [-0.2, 0) is 31.8 Å². The zero-order valence-corrected chi connectivity index (χ0v) is 19.4. The molecule has 0 atom stereocenters. The Labute approximate surface area is 201 Å². The van der Waals surface area contributed by atoms with Crippen LogP contribution in [0.3, 0.4) is 0 Å². The quantitative estimate of drug-likeness (QED) is 0.424. The first-order valence-corrected chi connectivity index (χ1v) is 11.1. The van der Waals surface area contributed by atoms with Gasteiger partial charge in [-0.15, -0.1) is 0 Å². The number of para-hydroxylation sites is 1. The normalized spacial score (nSPS) is 12.4. The van der Waals surface area contributed by atoms with E-state index in [0.717, 1.165) is 30.5 Å². The minimum atomic E-state index is -0.705. The number of carbonyl (C=O) groups is 4. The van der Waals surface area contributed by atoms with Crippen molar-refractivity contribution in [2.24, 2.45) is 0 Å². The van der Waals surface area contributed by atoms with Gasteiger partial charge in [0.05, 0.1) is 42.1 Å². The Bertz CT molecular complexity index is 1330. The van der Waals surface area contributed by atoms with Crippen molar-refractivity contribution in [2.75, 3.05) is 26.1 Å². The molecular formula is C26H24N2O7. The second kappa shape index (κ2) is 10.3. The summed E-state index contributed by atoms with van der Waals surface area (Å²) < 4.78 is 14.8. The molecule has 35 heavy (non-hydrogen) atoms. The van der Waals surface area contributed by atoms with E-state index in [2.05, 4.69) is 10.1 Å².